The van der Waals surface area contributed by atoms with Crippen LogP contribution in [0.3, 0.4) is 0 Å². The molecule has 2 heteroatoms. The number of nitrogens with zero attached hydrogens (tertiary/aromatic N) is 1. The van der Waals surface area contributed by atoms with Crippen molar-refractivity contribution in [2.45, 2.75) is 25.8 Å². The maximum Gasteiger partial charge on any atom is 0.131 e. The van der Waals surface area contributed by atoms with Crippen molar-refractivity contribution in [3.63, 3.8) is 0 Å². The SMILES string of the molecule is O=CCC#Cc1cccc(CN2CCCC2)c1. The Morgan fingerprint density at radius 1 is 1.29 bits per heavy atom. The van der Waals surface area contributed by atoms with E-state index in [4.69, 9.17) is 0 Å². The maximum atomic E-state index is 10.2. The standard InChI is InChI=1S/C15H17NO/c17-11-4-1-6-14-7-5-8-15(12-14)13-16-9-2-3-10-16/h5,7-8,11-12H,2-4,9-10,13H2. The number of carbonyl (C=O) groups is 1. The summed E-state index contributed by atoms with van der Waals surface area (Å²) in [4.78, 5) is 12.7. The molecule has 0 spiro atoms. The second-order valence-electron chi connectivity index (χ2n) is 4.36. The van der Waals surface area contributed by atoms with Crippen molar-refractivity contribution in [2.75, 3.05) is 13.1 Å². The molecule has 2 nitrogen and oxygen atoms in total. The molecule has 0 radical (unpaired) electrons. The van der Waals surface area contributed by atoms with Crippen LogP contribution in [0, 0.1) is 11.8 Å². The molecule has 1 fully saturated rings. The van der Waals surface area contributed by atoms with Crippen molar-refractivity contribution >= 4 is 6.29 Å². The molecule has 0 bridgehead atoms. The summed E-state index contributed by atoms with van der Waals surface area (Å²) < 4.78 is 0. The van der Waals surface area contributed by atoms with Crippen molar-refractivity contribution in [1.29, 1.82) is 0 Å². The summed E-state index contributed by atoms with van der Waals surface area (Å²) in [5, 5.41) is 0. The molecule has 1 heterocycles. The molecule has 2 rings (SSSR count). The van der Waals surface area contributed by atoms with Gasteiger partial charge in [0.25, 0.3) is 0 Å². The minimum absolute atomic E-state index is 0.316. The molecule has 0 aromatic heterocycles. The largest absolute Gasteiger partial charge is 0.302 e. The lowest BCUT2D eigenvalue weighted by Gasteiger charge is -2.14. The Kier molecular flexibility index (Phi) is 4.35. The van der Waals surface area contributed by atoms with Gasteiger partial charge in [0, 0.05) is 12.1 Å². The average molecular weight is 227 g/mol. The van der Waals surface area contributed by atoms with Crippen LogP contribution < -0.4 is 0 Å². The van der Waals surface area contributed by atoms with E-state index in [-0.39, 0.29) is 0 Å². The van der Waals surface area contributed by atoms with Gasteiger partial charge >= 0.3 is 0 Å². The first-order valence-corrected chi connectivity index (χ1v) is 6.12. The lowest BCUT2D eigenvalue weighted by atomic mass is 10.1. The van der Waals surface area contributed by atoms with Crippen LogP contribution in [0.25, 0.3) is 0 Å². The van der Waals surface area contributed by atoms with Crippen LogP contribution in [0.15, 0.2) is 24.3 Å². The van der Waals surface area contributed by atoms with Gasteiger partial charge in [-0.25, -0.2) is 0 Å². The Labute approximate surface area is 103 Å². The molecule has 88 valence electrons. The Bertz CT molecular complexity index is 436. The highest BCUT2D eigenvalue weighted by atomic mass is 16.1. The van der Waals surface area contributed by atoms with E-state index in [1.807, 2.05) is 12.1 Å². The van der Waals surface area contributed by atoms with E-state index in [1.165, 1.54) is 31.5 Å². The van der Waals surface area contributed by atoms with Crippen LogP contribution in [0.1, 0.15) is 30.4 Å². The number of hydrogen-bond acceptors (Lipinski definition) is 2. The average Bonchev–Trinajstić information content (AvgIpc) is 2.83. The highest BCUT2D eigenvalue weighted by Gasteiger charge is 2.11. The minimum Gasteiger partial charge on any atom is -0.302 e. The Balaban J connectivity index is 2.01. The molecule has 1 aromatic carbocycles. The number of carbonyl (C=O) groups excluding carboxylic acids is 1. The molecule has 0 unspecified atom stereocenters. The van der Waals surface area contributed by atoms with Gasteiger partial charge in [0.1, 0.15) is 6.29 Å². The number of likely N-dealkylation sites (tertiary alicyclic amines) is 1. The van der Waals surface area contributed by atoms with E-state index >= 15 is 0 Å². The molecular weight excluding hydrogens is 210 g/mol. The highest BCUT2D eigenvalue weighted by molar-refractivity contribution is 5.55. The van der Waals surface area contributed by atoms with Gasteiger partial charge < -0.3 is 4.79 Å². The van der Waals surface area contributed by atoms with Crippen LogP contribution in [0.2, 0.25) is 0 Å². The van der Waals surface area contributed by atoms with Gasteiger partial charge in [-0.2, -0.15) is 0 Å². The van der Waals surface area contributed by atoms with Crippen LogP contribution in [0.5, 0.6) is 0 Å². The van der Waals surface area contributed by atoms with Gasteiger partial charge in [0.05, 0.1) is 6.42 Å². The zero-order chi connectivity index (χ0) is 11.9. The number of aldehydes is 1. The van der Waals surface area contributed by atoms with Crippen molar-refractivity contribution in [3.8, 4) is 11.8 Å². The second kappa shape index (κ2) is 6.22. The number of rotatable bonds is 3. The van der Waals surface area contributed by atoms with Crippen LogP contribution in [-0.4, -0.2) is 24.3 Å². The summed E-state index contributed by atoms with van der Waals surface area (Å²) in [6.07, 6.45) is 3.79. The first kappa shape index (κ1) is 11.9. The summed E-state index contributed by atoms with van der Waals surface area (Å²) in [6, 6.07) is 8.29. The van der Waals surface area contributed by atoms with E-state index in [9.17, 15) is 4.79 Å². The summed E-state index contributed by atoms with van der Waals surface area (Å²) in [7, 11) is 0. The molecule has 0 atom stereocenters. The van der Waals surface area contributed by atoms with E-state index in [0.29, 0.717) is 6.42 Å². The lowest BCUT2D eigenvalue weighted by Crippen LogP contribution is -2.18. The van der Waals surface area contributed by atoms with Crippen molar-refractivity contribution in [2.24, 2.45) is 0 Å². The monoisotopic (exact) mass is 227 g/mol. The quantitative estimate of drug-likeness (QED) is 0.583. The molecule has 0 N–H and O–H groups in total. The first-order valence-electron chi connectivity index (χ1n) is 6.12. The molecule has 0 aliphatic carbocycles. The number of hydrogen-bond donors (Lipinski definition) is 0. The third-order valence-electron chi connectivity index (χ3n) is 2.95. The van der Waals surface area contributed by atoms with Gasteiger partial charge in [-0.3, -0.25) is 4.90 Å². The van der Waals surface area contributed by atoms with Crippen molar-refractivity contribution < 1.29 is 4.79 Å². The predicted octanol–water partition coefficient (Wildman–Crippen LogP) is 2.22. The Morgan fingerprint density at radius 2 is 2.12 bits per heavy atom. The van der Waals surface area contributed by atoms with E-state index in [2.05, 4.69) is 28.9 Å². The van der Waals surface area contributed by atoms with Gasteiger partial charge in [-0.15, -0.1) is 0 Å². The van der Waals surface area contributed by atoms with E-state index in [0.717, 1.165) is 18.4 Å². The fraction of sp³-hybridized carbons (Fsp3) is 0.400. The topological polar surface area (TPSA) is 20.3 Å². The normalized spacial score (nSPS) is 15.3. The summed E-state index contributed by atoms with van der Waals surface area (Å²) >= 11 is 0. The smallest absolute Gasteiger partial charge is 0.131 e. The zero-order valence-electron chi connectivity index (χ0n) is 9.98. The predicted molar refractivity (Wildman–Crippen MR) is 68.5 cm³/mol. The number of benzene rings is 1. The molecule has 1 aliphatic rings. The summed E-state index contributed by atoms with van der Waals surface area (Å²) in [6.45, 7) is 3.44. The van der Waals surface area contributed by atoms with Crippen LogP contribution in [-0.2, 0) is 11.3 Å². The van der Waals surface area contributed by atoms with Gasteiger partial charge in [0.15, 0.2) is 0 Å². The minimum atomic E-state index is 0.316. The van der Waals surface area contributed by atoms with Crippen LogP contribution >= 0.6 is 0 Å². The summed E-state index contributed by atoms with van der Waals surface area (Å²) in [5.74, 6) is 5.85. The maximum absolute atomic E-state index is 10.2. The van der Waals surface area contributed by atoms with Gasteiger partial charge in [-0.1, -0.05) is 24.0 Å². The third-order valence-corrected chi connectivity index (χ3v) is 2.95. The molecule has 1 aliphatic heterocycles. The van der Waals surface area contributed by atoms with E-state index < -0.39 is 0 Å². The van der Waals surface area contributed by atoms with Gasteiger partial charge in [0.2, 0.25) is 0 Å². The van der Waals surface area contributed by atoms with Crippen molar-refractivity contribution in [1.82, 2.24) is 4.90 Å². The highest BCUT2D eigenvalue weighted by Crippen LogP contribution is 2.13. The van der Waals surface area contributed by atoms with E-state index in [1.54, 1.807) is 0 Å². The molecule has 0 saturated carbocycles. The fourth-order valence-corrected chi connectivity index (χ4v) is 2.14. The Hall–Kier alpha value is -1.59. The third kappa shape index (κ3) is 3.72. The fourth-order valence-electron chi connectivity index (χ4n) is 2.14. The molecular formula is C15H17NO. The first-order chi connectivity index (χ1) is 8.38. The lowest BCUT2D eigenvalue weighted by molar-refractivity contribution is -0.107. The van der Waals surface area contributed by atoms with Gasteiger partial charge in [-0.05, 0) is 43.6 Å². The molecule has 1 saturated heterocycles. The summed E-state index contributed by atoms with van der Waals surface area (Å²) in [5.41, 5.74) is 2.31. The molecule has 17 heavy (non-hydrogen) atoms. The van der Waals surface area contributed by atoms with Crippen molar-refractivity contribution in [3.05, 3.63) is 35.4 Å². The Morgan fingerprint density at radius 3 is 2.88 bits per heavy atom. The second-order valence-corrected chi connectivity index (χ2v) is 4.36. The molecule has 0 amide bonds. The molecule has 1 aromatic rings. The van der Waals surface area contributed by atoms with Crippen LogP contribution in [0.4, 0.5) is 0 Å². The zero-order valence-corrected chi connectivity index (χ0v) is 9.98.